The van der Waals surface area contributed by atoms with Crippen molar-refractivity contribution in [2.75, 3.05) is 6.61 Å². The lowest BCUT2D eigenvalue weighted by atomic mass is 10.4. The number of hydrogen-bond donors (Lipinski definition) is 0. The van der Waals surface area contributed by atoms with Crippen LogP contribution in [-0.4, -0.2) is 28.1 Å². The Morgan fingerprint density at radius 2 is 2.23 bits per heavy atom. The van der Waals surface area contributed by atoms with Gasteiger partial charge in [-0.25, -0.2) is 13.6 Å². The first-order chi connectivity index (χ1) is 6.04. The van der Waals surface area contributed by atoms with Crippen molar-refractivity contribution in [2.24, 2.45) is 0 Å². The lowest BCUT2D eigenvalue weighted by molar-refractivity contribution is -0.138. The maximum atomic E-state index is 11.7. The van der Waals surface area contributed by atoms with Crippen LogP contribution in [0.4, 0.5) is 8.78 Å². The van der Waals surface area contributed by atoms with Gasteiger partial charge < -0.3 is 4.74 Å². The fourth-order valence-corrected chi connectivity index (χ4v) is 1.49. The average molecular weight is 208 g/mol. The molecular weight excluding hydrogens is 194 g/mol. The van der Waals surface area contributed by atoms with E-state index in [1.165, 1.54) is 0 Å². The molecule has 0 atom stereocenters. The maximum absolute atomic E-state index is 11.7. The molecule has 2 nitrogen and oxygen atoms in total. The largest absolute Gasteiger partial charge is 0.462 e. The highest BCUT2D eigenvalue weighted by Crippen LogP contribution is 1.99. The lowest BCUT2D eigenvalue weighted by Gasteiger charge is -2.03. The van der Waals surface area contributed by atoms with Crippen molar-refractivity contribution < 1.29 is 18.3 Å². The summed E-state index contributed by atoms with van der Waals surface area (Å²) >= 11 is 0. The molecule has 0 aromatic carbocycles. The van der Waals surface area contributed by atoms with E-state index in [9.17, 15) is 13.6 Å². The number of ether oxygens (including phenoxy) is 1. The summed E-state index contributed by atoms with van der Waals surface area (Å²) in [4.78, 5) is 10.8. The Morgan fingerprint density at radius 3 is 2.69 bits per heavy atom. The number of esters is 1. The van der Waals surface area contributed by atoms with Gasteiger partial charge in [-0.1, -0.05) is 12.6 Å². The summed E-state index contributed by atoms with van der Waals surface area (Å²) in [6, 6.07) is -1.61. The predicted octanol–water partition coefficient (Wildman–Crippen LogP) is 1.31. The van der Waals surface area contributed by atoms with Crippen LogP contribution in [0.25, 0.3) is 0 Å². The van der Waals surface area contributed by atoms with Crippen LogP contribution in [-0.2, 0) is 9.53 Å². The molecule has 0 radical (unpaired) electrons. The standard InChI is InChI=1S/C8H14F2O2Si/c1-6(2)7(11)12-4-3-5-13-8(9)10/h8H,1,3-5,13H2,2H3. The van der Waals surface area contributed by atoms with E-state index in [1.807, 2.05) is 0 Å². The van der Waals surface area contributed by atoms with Gasteiger partial charge in [-0.3, -0.25) is 0 Å². The molecule has 0 heterocycles. The van der Waals surface area contributed by atoms with Gasteiger partial charge in [0.05, 0.1) is 6.61 Å². The van der Waals surface area contributed by atoms with Gasteiger partial charge >= 0.3 is 5.97 Å². The predicted molar refractivity (Wildman–Crippen MR) is 49.7 cm³/mol. The third-order valence-corrected chi connectivity index (χ3v) is 2.74. The fourth-order valence-electron chi connectivity index (χ4n) is 0.689. The van der Waals surface area contributed by atoms with Crippen LogP contribution in [0, 0.1) is 0 Å². The molecule has 0 amide bonds. The molecule has 0 rings (SSSR count). The van der Waals surface area contributed by atoms with Gasteiger partial charge in [0, 0.05) is 5.57 Å². The van der Waals surface area contributed by atoms with Crippen LogP contribution in [0.5, 0.6) is 0 Å². The van der Waals surface area contributed by atoms with Crippen molar-refractivity contribution in [3.05, 3.63) is 12.2 Å². The average Bonchev–Trinajstić information content (AvgIpc) is 2.02. The van der Waals surface area contributed by atoms with E-state index in [0.29, 0.717) is 18.0 Å². The monoisotopic (exact) mass is 208 g/mol. The zero-order valence-electron chi connectivity index (χ0n) is 7.69. The van der Waals surface area contributed by atoms with Crippen LogP contribution < -0.4 is 0 Å². The third kappa shape index (κ3) is 7.64. The first-order valence-corrected chi connectivity index (χ1v) is 5.96. The van der Waals surface area contributed by atoms with E-state index in [1.54, 1.807) is 6.92 Å². The number of alkyl halides is 2. The molecule has 0 fully saturated rings. The van der Waals surface area contributed by atoms with Crippen LogP contribution in [0.2, 0.25) is 6.04 Å². The fraction of sp³-hybridized carbons (Fsp3) is 0.625. The van der Waals surface area contributed by atoms with E-state index in [-0.39, 0.29) is 6.61 Å². The SMILES string of the molecule is C=C(C)C(=O)OCCC[SiH2]C(F)F. The van der Waals surface area contributed by atoms with Crippen molar-refractivity contribution >= 4 is 15.5 Å². The summed E-state index contributed by atoms with van der Waals surface area (Å²) in [5, 5.41) is 0. The van der Waals surface area contributed by atoms with Gasteiger partial charge in [-0.15, -0.1) is 0 Å². The Bertz CT molecular complexity index is 183. The summed E-state index contributed by atoms with van der Waals surface area (Å²) in [6.07, 6.45) is 0.537. The van der Waals surface area contributed by atoms with Gasteiger partial charge in [-0.05, 0) is 13.3 Å². The summed E-state index contributed by atoms with van der Waals surface area (Å²) < 4.78 is 28.1. The second kappa shape index (κ2) is 6.77. The molecule has 0 saturated carbocycles. The molecule has 0 bridgehead atoms. The van der Waals surface area contributed by atoms with Crippen molar-refractivity contribution in [1.82, 2.24) is 0 Å². The minimum atomic E-state index is -2.13. The third-order valence-electron chi connectivity index (χ3n) is 1.40. The van der Waals surface area contributed by atoms with E-state index >= 15 is 0 Å². The van der Waals surface area contributed by atoms with Gasteiger partial charge in [0.2, 0.25) is 6.05 Å². The van der Waals surface area contributed by atoms with Crippen LogP contribution in [0.3, 0.4) is 0 Å². The molecule has 0 aromatic heterocycles. The van der Waals surface area contributed by atoms with Crippen molar-refractivity contribution in [3.8, 4) is 0 Å². The smallest absolute Gasteiger partial charge is 0.333 e. The molecule has 5 heteroatoms. The van der Waals surface area contributed by atoms with E-state index in [2.05, 4.69) is 6.58 Å². The number of hydrogen-bond acceptors (Lipinski definition) is 2. The molecule has 0 aliphatic rings. The molecular formula is C8H14F2O2Si. The second-order valence-corrected chi connectivity index (χ2v) is 4.70. The Hall–Kier alpha value is -0.713. The number of halogens is 2. The Kier molecular flexibility index (Phi) is 6.39. The molecule has 0 unspecified atom stereocenters. The summed E-state index contributed by atoms with van der Waals surface area (Å²) in [7, 11) is -1.27. The van der Waals surface area contributed by atoms with Gasteiger partial charge in [0.1, 0.15) is 9.52 Å². The zero-order valence-corrected chi connectivity index (χ0v) is 9.10. The molecule has 0 spiro atoms. The highest BCUT2D eigenvalue weighted by Gasteiger charge is 2.04. The zero-order chi connectivity index (χ0) is 10.3. The maximum Gasteiger partial charge on any atom is 0.333 e. The molecule has 0 saturated heterocycles. The minimum Gasteiger partial charge on any atom is -0.462 e. The Morgan fingerprint density at radius 1 is 1.62 bits per heavy atom. The first-order valence-electron chi connectivity index (χ1n) is 4.15. The Balaban J connectivity index is 3.26. The number of carbonyl (C=O) groups is 1. The Labute approximate surface area is 78.8 Å². The topological polar surface area (TPSA) is 26.3 Å². The van der Waals surface area contributed by atoms with Gasteiger partial charge in [0.15, 0.2) is 0 Å². The minimum absolute atomic E-state index is 0.228. The second-order valence-electron chi connectivity index (χ2n) is 2.80. The van der Waals surface area contributed by atoms with E-state index in [4.69, 9.17) is 4.74 Å². The highest BCUT2D eigenvalue weighted by atomic mass is 28.2. The van der Waals surface area contributed by atoms with Crippen molar-refractivity contribution in [1.29, 1.82) is 0 Å². The highest BCUT2D eigenvalue weighted by molar-refractivity contribution is 6.36. The summed E-state index contributed by atoms with van der Waals surface area (Å²) in [5.41, 5.74) is 0.339. The van der Waals surface area contributed by atoms with E-state index < -0.39 is 21.5 Å². The molecule has 13 heavy (non-hydrogen) atoms. The quantitative estimate of drug-likeness (QED) is 0.285. The van der Waals surface area contributed by atoms with Gasteiger partial charge in [0.25, 0.3) is 0 Å². The first kappa shape index (κ1) is 12.3. The summed E-state index contributed by atoms with van der Waals surface area (Å²) in [5.74, 6) is -0.446. The normalized spacial score (nSPS) is 11.1. The lowest BCUT2D eigenvalue weighted by Crippen LogP contribution is -2.09. The van der Waals surface area contributed by atoms with E-state index in [0.717, 1.165) is 0 Å². The molecule has 76 valence electrons. The molecule has 0 aliphatic heterocycles. The molecule has 0 aromatic rings. The van der Waals surface area contributed by atoms with Crippen LogP contribution in [0.1, 0.15) is 13.3 Å². The number of carbonyl (C=O) groups excluding carboxylic acids is 1. The van der Waals surface area contributed by atoms with Crippen LogP contribution in [0.15, 0.2) is 12.2 Å². The summed E-state index contributed by atoms with van der Waals surface area (Å²) in [6.45, 7) is 5.18. The van der Waals surface area contributed by atoms with Crippen molar-refractivity contribution in [2.45, 2.75) is 25.4 Å². The molecule has 0 N–H and O–H groups in total. The number of rotatable bonds is 6. The van der Waals surface area contributed by atoms with Gasteiger partial charge in [-0.2, -0.15) is 0 Å². The molecule has 0 aliphatic carbocycles. The van der Waals surface area contributed by atoms with Crippen molar-refractivity contribution in [3.63, 3.8) is 0 Å². The van der Waals surface area contributed by atoms with Crippen LogP contribution >= 0.6 is 0 Å².